The Kier molecular flexibility index (Phi) is 3.12. The highest BCUT2D eigenvalue weighted by Gasteiger charge is 2.04. The molecule has 1 aromatic rings. The van der Waals surface area contributed by atoms with Gasteiger partial charge in [0.05, 0.1) is 6.04 Å². The molecule has 1 unspecified atom stereocenters. The first-order chi connectivity index (χ1) is 6.29. The Balaban J connectivity index is 3.11. The Morgan fingerprint density at radius 2 is 2.23 bits per heavy atom. The van der Waals surface area contributed by atoms with Gasteiger partial charge >= 0.3 is 0 Å². The molecule has 0 heterocycles. The highest BCUT2D eigenvalue weighted by atomic mass is 15.1. The van der Waals surface area contributed by atoms with E-state index < -0.39 is 0 Å². The Morgan fingerprint density at radius 1 is 1.54 bits per heavy atom. The van der Waals surface area contributed by atoms with Crippen LogP contribution >= 0.6 is 0 Å². The fraction of sp³-hybridized carbons (Fsp3) is 0.200. The molecule has 3 heteroatoms. The van der Waals surface area contributed by atoms with Crippen LogP contribution < -0.4 is 0 Å². The molecule has 0 spiro atoms. The van der Waals surface area contributed by atoms with Crippen LogP contribution in [0.25, 0.3) is 16.5 Å². The van der Waals surface area contributed by atoms with Gasteiger partial charge in [0.1, 0.15) is 0 Å². The number of rotatable bonds is 3. The van der Waals surface area contributed by atoms with Crippen molar-refractivity contribution in [1.82, 2.24) is 0 Å². The lowest BCUT2D eigenvalue weighted by Gasteiger charge is -2.07. The second-order valence-electron chi connectivity index (χ2n) is 2.71. The normalized spacial score (nSPS) is 11.5. The molecule has 0 fully saturated rings. The maximum absolute atomic E-state index is 8.29. The molecule has 1 aromatic carbocycles. The van der Waals surface area contributed by atoms with Crippen LogP contribution in [0.3, 0.4) is 0 Å². The van der Waals surface area contributed by atoms with Crippen LogP contribution in [0.2, 0.25) is 0 Å². The van der Waals surface area contributed by atoms with E-state index in [0.717, 1.165) is 11.1 Å². The molecular weight excluding hydrogens is 162 g/mol. The third-order valence-electron chi connectivity index (χ3n) is 1.89. The van der Waals surface area contributed by atoms with Crippen molar-refractivity contribution in [2.75, 3.05) is 0 Å². The van der Waals surface area contributed by atoms with E-state index in [4.69, 9.17) is 5.53 Å². The highest BCUT2D eigenvalue weighted by molar-refractivity contribution is 5.52. The predicted molar refractivity (Wildman–Crippen MR) is 54.1 cm³/mol. The molecule has 13 heavy (non-hydrogen) atoms. The van der Waals surface area contributed by atoms with Crippen LogP contribution in [-0.4, -0.2) is 0 Å². The topological polar surface area (TPSA) is 48.8 Å². The van der Waals surface area contributed by atoms with Gasteiger partial charge in [-0.15, -0.1) is 0 Å². The Labute approximate surface area is 77.3 Å². The monoisotopic (exact) mass is 173 g/mol. The molecule has 0 aromatic heterocycles. The van der Waals surface area contributed by atoms with Gasteiger partial charge in [0.25, 0.3) is 0 Å². The molecule has 0 aliphatic carbocycles. The van der Waals surface area contributed by atoms with Crippen molar-refractivity contribution in [3.63, 3.8) is 0 Å². The number of hydrogen-bond acceptors (Lipinski definition) is 1. The zero-order valence-electron chi connectivity index (χ0n) is 7.51. The van der Waals surface area contributed by atoms with Crippen LogP contribution in [0.4, 0.5) is 0 Å². The van der Waals surface area contributed by atoms with Crippen molar-refractivity contribution in [2.45, 2.75) is 13.0 Å². The highest BCUT2D eigenvalue weighted by Crippen LogP contribution is 2.21. The summed E-state index contributed by atoms with van der Waals surface area (Å²) >= 11 is 0. The minimum absolute atomic E-state index is 0.140. The molecule has 1 atom stereocenters. The minimum Gasteiger partial charge on any atom is -0.0985 e. The van der Waals surface area contributed by atoms with Crippen LogP contribution in [-0.2, 0) is 0 Å². The summed E-state index contributed by atoms with van der Waals surface area (Å²) in [5, 5.41) is 3.64. The van der Waals surface area contributed by atoms with E-state index in [1.54, 1.807) is 6.08 Å². The molecule has 0 saturated heterocycles. The number of benzene rings is 1. The summed E-state index contributed by atoms with van der Waals surface area (Å²) < 4.78 is 0. The van der Waals surface area contributed by atoms with Crippen molar-refractivity contribution in [2.24, 2.45) is 5.11 Å². The molecule has 0 aliphatic heterocycles. The van der Waals surface area contributed by atoms with Crippen LogP contribution in [0.15, 0.2) is 36.0 Å². The molecule has 0 bridgehead atoms. The average Bonchev–Trinajstić information content (AvgIpc) is 2.18. The van der Waals surface area contributed by atoms with E-state index in [9.17, 15) is 0 Å². The summed E-state index contributed by atoms with van der Waals surface area (Å²) in [7, 11) is 0. The number of azide groups is 1. The van der Waals surface area contributed by atoms with Gasteiger partial charge in [0.15, 0.2) is 0 Å². The lowest BCUT2D eigenvalue weighted by molar-refractivity contribution is 0.806. The van der Waals surface area contributed by atoms with E-state index >= 15 is 0 Å². The van der Waals surface area contributed by atoms with E-state index in [-0.39, 0.29) is 6.04 Å². The summed E-state index contributed by atoms with van der Waals surface area (Å²) in [5.41, 5.74) is 10.3. The Hall–Kier alpha value is -1.73. The largest absolute Gasteiger partial charge is 0.0985 e. The fourth-order valence-corrected chi connectivity index (χ4v) is 1.22. The third kappa shape index (κ3) is 2.10. The second kappa shape index (κ2) is 4.33. The summed E-state index contributed by atoms with van der Waals surface area (Å²) in [5.74, 6) is 0. The van der Waals surface area contributed by atoms with Crippen molar-refractivity contribution in [1.29, 1.82) is 0 Å². The molecule has 66 valence electrons. The molecular formula is C10H11N3. The van der Waals surface area contributed by atoms with Gasteiger partial charge in [-0.2, -0.15) is 0 Å². The number of nitrogens with zero attached hydrogens (tertiary/aromatic N) is 3. The first-order valence-electron chi connectivity index (χ1n) is 4.05. The quantitative estimate of drug-likeness (QED) is 0.380. The van der Waals surface area contributed by atoms with E-state index in [2.05, 4.69) is 16.6 Å². The third-order valence-corrected chi connectivity index (χ3v) is 1.89. The Morgan fingerprint density at radius 3 is 2.85 bits per heavy atom. The molecule has 0 radical (unpaired) electrons. The maximum atomic E-state index is 8.29. The van der Waals surface area contributed by atoms with Crippen molar-refractivity contribution >= 4 is 6.08 Å². The molecule has 0 saturated carbocycles. The first-order valence-corrected chi connectivity index (χ1v) is 4.05. The zero-order chi connectivity index (χ0) is 9.68. The lowest BCUT2D eigenvalue weighted by atomic mass is 10.0. The van der Waals surface area contributed by atoms with Gasteiger partial charge in [0, 0.05) is 4.91 Å². The summed E-state index contributed by atoms with van der Waals surface area (Å²) in [6, 6.07) is 7.61. The van der Waals surface area contributed by atoms with Gasteiger partial charge in [-0.05, 0) is 16.7 Å². The first kappa shape index (κ1) is 9.36. The predicted octanol–water partition coefficient (Wildman–Crippen LogP) is 3.70. The fourth-order valence-electron chi connectivity index (χ4n) is 1.22. The van der Waals surface area contributed by atoms with Crippen LogP contribution in [0.1, 0.15) is 24.1 Å². The van der Waals surface area contributed by atoms with Gasteiger partial charge in [-0.3, -0.25) is 0 Å². The molecule has 1 rings (SSSR count). The summed E-state index contributed by atoms with van der Waals surface area (Å²) in [6.07, 6.45) is 1.76. The van der Waals surface area contributed by atoms with E-state index in [1.807, 2.05) is 31.2 Å². The average molecular weight is 173 g/mol. The van der Waals surface area contributed by atoms with Crippen LogP contribution in [0.5, 0.6) is 0 Å². The number of hydrogen-bond donors (Lipinski definition) is 0. The standard InChI is InChI=1S/C10H11N3/c1-3-9-6-4-5-7-10(9)8(2)12-13-11/h3-8H,1H2,2H3. The smallest absolute Gasteiger partial charge is 0.0602 e. The molecule has 0 N–H and O–H groups in total. The van der Waals surface area contributed by atoms with E-state index in [0.29, 0.717) is 0 Å². The Bertz CT molecular complexity index is 351. The van der Waals surface area contributed by atoms with Gasteiger partial charge in [-0.1, -0.05) is 49.0 Å². The molecule has 3 nitrogen and oxygen atoms in total. The van der Waals surface area contributed by atoms with Gasteiger partial charge in [-0.25, -0.2) is 0 Å². The van der Waals surface area contributed by atoms with Gasteiger partial charge < -0.3 is 0 Å². The van der Waals surface area contributed by atoms with Crippen molar-refractivity contribution < 1.29 is 0 Å². The van der Waals surface area contributed by atoms with Crippen molar-refractivity contribution in [3.05, 3.63) is 52.4 Å². The summed E-state index contributed by atoms with van der Waals surface area (Å²) in [4.78, 5) is 2.78. The van der Waals surface area contributed by atoms with E-state index in [1.165, 1.54) is 0 Å². The molecule has 0 amide bonds. The second-order valence-corrected chi connectivity index (χ2v) is 2.71. The lowest BCUT2D eigenvalue weighted by Crippen LogP contribution is -1.91. The molecule has 0 aliphatic rings. The van der Waals surface area contributed by atoms with Gasteiger partial charge in [0.2, 0.25) is 0 Å². The summed E-state index contributed by atoms with van der Waals surface area (Å²) in [6.45, 7) is 5.56. The van der Waals surface area contributed by atoms with Crippen molar-refractivity contribution in [3.8, 4) is 0 Å². The zero-order valence-corrected chi connectivity index (χ0v) is 7.51. The maximum Gasteiger partial charge on any atom is 0.0602 e. The SMILES string of the molecule is C=Cc1ccccc1C(C)N=[N+]=[N-]. The minimum atomic E-state index is -0.140. The van der Waals surface area contributed by atoms with Crippen LogP contribution in [0, 0.1) is 0 Å².